The highest BCUT2D eigenvalue weighted by Crippen LogP contribution is 2.37. The molecule has 8 heterocycles. The molecule has 4 aliphatic heterocycles. The number of hydroxylamine groups is 1. The predicted octanol–water partition coefficient (Wildman–Crippen LogP) is 12.0. The van der Waals surface area contributed by atoms with E-state index < -0.39 is 19.1 Å². The number of para-hydroxylation sites is 2. The fourth-order valence-electron chi connectivity index (χ4n) is 15.1. The Balaban J connectivity index is 0.000000121. The third-order valence-corrected chi connectivity index (χ3v) is 20.9. The maximum atomic E-state index is 13.2. The van der Waals surface area contributed by atoms with Gasteiger partial charge < -0.3 is 49.2 Å². The molecule has 0 saturated heterocycles. The van der Waals surface area contributed by atoms with E-state index in [1.54, 1.807) is 41.9 Å². The van der Waals surface area contributed by atoms with E-state index in [4.69, 9.17) is 21.2 Å². The standard InChI is InChI=1S/C22H24N2O2.C21H20N2O3.C20H20BrN3O2.C20H21N3O/c1-15-3-8-20-18(11-15)19-13-23(2)10-9-21(19)24(20)12-16-4-6-17(7-5-16)22(26)14-25;1-22-11-10-19-17(12-22)16-4-2-3-5-18(16)23(19)21(26)15-8-6-14(7-9-15)20(25)13-24;1-23-9-8-18-17(12-23)16-7-6-15(21)10-19(16)24(18)11-13-2-4-14(5-3-13)20(25)22-26;1-22-11-10-19-17(13-22)16-4-2-3-5-18(16)23(19)12-14-6-8-15(9-7-14)20(21)24/h3-8,11,25H,9-10,12-14H2,1-2H3;2-9,24H,10-13H2,1H3;2-7,10,26H,8-9,11-12H2,1H3,(H,22,25);2-9H,10-13H2,1H3,(H2,21,24). The molecule has 0 saturated carbocycles. The second kappa shape index (κ2) is 30.7. The third-order valence-electron chi connectivity index (χ3n) is 20.4. The first kappa shape index (κ1) is 70.5. The molecule has 0 aliphatic carbocycles. The Morgan fingerprint density at radius 1 is 0.422 bits per heavy atom. The van der Waals surface area contributed by atoms with Gasteiger partial charge in [0.15, 0.2) is 11.6 Å². The maximum Gasteiger partial charge on any atom is 0.274 e. The molecule has 0 spiro atoms. The van der Waals surface area contributed by atoms with Gasteiger partial charge in [-0.1, -0.05) is 131 Å². The van der Waals surface area contributed by atoms with Gasteiger partial charge in [0.1, 0.15) is 13.2 Å². The van der Waals surface area contributed by atoms with E-state index >= 15 is 0 Å². The van der Waals surface area contributed by atoms with E-state index in [2.05, 4.69) is 151 Å². The number of hydrogen-bond donors (Lipinski definition) is 5. The number of nitrogens with two attached hydrogens (primary N) is 1. The van der Waals surface area contributed by atoms with Crippen molar-refractivity contribution in [3.63, 3.8) is 0 Å². The Labute approximate surface area is 601 Å². The van der Waals surface area contributed by atoms with Gasteiger partial charge in [0, 0.05) is 191 Å². The minimum atomic E-state index is -0.531. The van der Waals surface area contributed by atoms with Crippen LogP contribution in [-0.2, 0) is 71.5 Å². The van der Waals surface area contributed by atoms with Crippen molar-refractivity contribution in [2.24, 2.45) is 5.73 Å². The highest BCUT2D eigenvalue weighted by molar-refractivity contribution is 9.10. The molecule has 2 amide bonds. The Hall–Kier alpha value is -9.93. The van der Waals surface area contributed by atoms with Crippen molar-refractivity contribution in [3.8, 4) is 0 Å². The molecule has 18 nitrogen and oxygen atoms in total. The first-order chi connectivity index (χ1) is 49.4. The topological polar surface area (TPSA) is 217 Å². The van der Waals surface area contributed by atoms with Crippen LogP contribution < -0.4 is 11.2 Å². The Kier molecular flexibility index (Phi) is 21.2. The van der Waals surface area contributed by atoms with Crippen molar-refractivity contribution in [2.45, 2.75) is 78.4 Å². The zero-order valence-electron chi connectivity index (χ0n) is 58.3. The second-order valence-electron chi connectivity index (χ2n) is 27.4. The van der Waals surface area contributed by atoms with Crippen LogP contribution in [0.4, 0.5) is 0 Å². The summed E-state index contributed by atoms with van der Waals surface area (Å²) < 4.78 is 10.1. The molecule has 0 radical (unpaired) electrons. The number of halogens is 1. The van der Waals surface area contributed by atoms with E-state index in [9.17, 15) is 24.0 Å². The van der Waals surface area contributed by atoms with Crippen LogP contribution in [0.25, 0.3) is 43.6 Å². The van der Waals surface area contributed by atoms with Crippen LogP contribution in [-0.4, -0.2) is 150 Å². The van der Waals surface area contributed by atoms with Gasteiger partial charge in [-0.05, 0) is 147 Å². The molecule has 4 aromatic heterocycles. The van der Waals surface area contributed by atoms with E-state index in [1.807, 2.05) is 83.4 Å². The van der Waals surface area contributed by atoms with E-state index in [1.165, 1.54) is 88.7 Å². The van der Waals surface area contributed by atoms with Gasteiger partial charge in [0.2, 0.25) is 5.91 Å². The fraction of sp³-hybridized carbons (Fsp3) is 0.265. The minimum absolute atomic E-state index is 0.0880. The molecular weight excluding hydrogens is 1340 g/mol. The number of amides is 2. The quantitative estimate of drug-likeness (QED) is 0.0414. The lowest BCUT2D eigenvalue weighted by Gasteiger charge is -2.24. The molecule has 0 unspecified atom stereocenters. The largest absolute Gasteiger partial charge is 0.388 e. The van der Waals surface area contributed by atoms with Crippen molar-refractivity contribution >= 4 is 88.8 Å². The molecule has 12 aromatic rings. The van der Waals surface area contributed by atoms with Crippen LogP contribution in [0.1, 0.15) is 119 Å². The number of likely N-dealkylation sites (N-methyl/N-ethyl adjacent to an activating group) is 4. The molecule has 0 atom stereocenters. The molecule has 522 valence electrons. The first-order valence-corrected chi connectivity index (χ1v) is 35.4. The molecular formula is C83H85BrN10O8. The summed E-state index contributed by atoms with van der Waals surface area (Å²) >= 11 is 3.60. The molecule has 4 aliphatic rings. The van der Waals surface area contributed by atoms with Gasteiger partial charge in [-0.2, -0.15) is 0 Å². The average Bonchev–Trinajstić information content (AvgIpc) is 1.62. The van der Waals surface area contributed by atoms with Crippen molar-refractivity contribution in [2.75, 3.05) is 67.6 Å². The number of nitrogens with one attached hydrogen (secondary N) is 1. The van der Waals surface area contributed by atoms with Crippen molar-refractivity contribution in [1.29, 1.82) is 0 Å². The minimum Gasteiger partial charge on any atom is -0.388 e. The molecule has 102 heavy (non-hydrogen) atoms. The number of Topliss-reactive ketones (excluding diaryl/α,β-unsaturated/α-hetero) is 2. The summed E-state index contributed by atoms with van der Waals surface area (Å²) in [4.78, 5) is 68.5. The van der Waals surface area contributed by atoms with E-state index in [0.717, 1.165) is 124 Å². The predicted molar refractivity (Wildman–Crippen MR) is 404 cm³/mol. The van der Waals surface area contributed by atoms with Gasteiger partial charge >= 0.3 is 0 Å². The Morgan fingerprint density at radius 3 is 1.28 bits per heavy atom. The van der Waals surface area contributed by atoms with Crippen molar-refractivity contribution in [1.82, 2.24) is 43.3 Å². The molecule has 19 heteroatoms. The van der Waals surface area contributed by atoms with Gasteiger partial charge in [-0.25, -0.2) is 5.48 Å². The van der Waals surface area contributed by atoms with Gasteiger partial charge in [0.25, 0.3) is 11.8 Å². The van der Waals surface area contributed by atoms with Crippen LogP contribution in [0, 0.1) is 6.92 Å². The van der Waals surface area contributed by atoms with Crippen LogP contribution in [0.5, 0.6) is 0 Å². The number of fused-ring (bicyclic) bond motifs is 12. The van der Waals surface area contributed by atoms with Crippen molar-refractivity contribution < 1.29 is 39.4 Å². The summed E-state index contributed by atoms with van der Waals surface area (Å²) in [5.74, 6) is -1.55. The molecule has 16 rings (SSSR count). The summed E-state index contributed by atoms with van der Waals surface area (Å²) in [6.07, 6.45) is 3.98. The lowest BCUT2D eigenvalue weighted by atomic mass is 10.0. The van der Waals surface area contributed by atoms with Gasteiger partial charge in [-0.3, -0.25) is 33.7 Å². The smallest absolute Gasteiger partial charge is 0.274 e. The number of rotatable bonds is 13. The second-order valence-corrected chi connectivity index (χ2v) is 28.3. The normalized spacial score (nSPS) is 14.5. The average molecular weight is 1430 g/mol. The number of benzene rings is 8. The number of aryl methyl sites for hydroxylation is 1. The summed E-state index contributed by atoms with van der Waals surface area (Å²) in [6, 6.07) is 58.9. The van der Waals surface area contributed by atoms with E-state index in [0.29, 0.717) is 27.8 Å². The number of carbonyl (C=O) groups excluding carboxylic acids is 5. The molecule has 0 bridgehead atoms. The third kappa shape index (κ3) is 14.8. The highest BCUT2D eigenvalue weighted by Gasteiger charge is 2.29. The van der Waals surface area contributed by atoms with Crippen molar-refractivity contribution in [3.05, 3.63) is 282 Å². The summed E-state index contributed by atoms with van der Waals surface area (Å²) in [5, 5.41) is 31.9. The first-order valence-electron chi connectivity index (χ1n) is 34.6. The summed E-state index contributed by atoms with van der Waals surface area (Å²) in [5.41, 5.74) is 29.9. The lowest BCUT2D eigenvalue weighted by Crippen LogP contribution is -2.28. The Morgan fingerprint density at radius 2 is 0.804 bits per heavy atom. The zero-order valence-corrected chi connectivity index (χ0v) is 59.8. The number of aliphatic hydroxyl groups is 2. The van der Waals surface area contributed by atoms with Crippen LogP contribution in [0.3, 0.4) is 0 Å². The monoisotopic (exact) mass is 1430 g/mol. The summed E-state index contributed by atoms with van der Waals surface area (Å²) in [6.45, 7) is 11.5. The van der Waals surface area contributed by atoms with Crippen LogP contribution in [0.2, 0.25) is 0 Å². The Bertz CT molecular complexity index is 5140. The number of ketones is 2. The number of primary amides is 1. The number of hydrogen-bond acceptors (Lipinski definition) is 12. The highest BCUT2D eigenvalue weighted by atomic mass is 79.9. The SMILES string of the molecule is CN1CCc2c(c3ccc(Br)cc3n2Cc2ccc(C(=O)NO)cc2)C1.CN1CCc2c(c3ccccc3n2C(=O)c2ccc(C(=O)CO)cc2)C1.CN1CCc2c(c3ccccc3n2Cc2ccc(C(N)=O)cc2)C1.Cc1ccc2c(c1)c1c(n2Cc2ccc(C(=O)CO)cc2)CCN(C)C1. The van der Waals surface area contributed by atoms with Crippen LogP contribution in [0.15, 0.2) is 186 Å². The molecule has 8 aromatic carbocycles. The zero-order chi connectivity index (χ0) is 71.5. The molecule has 0 fully saturated rings. The van der Waals surface area contributed by atoms with E-state index in [-0.39, 0.29) is 23.4 Å². The maximum absolute atomic E-state index is 13.2. The van der Waals surface area contributed by atoms with Gasteiger partial charge in [-0.15, -0.1) is 0 Å². The summed E-state index contributed by atoms with van der Waals surface area (Å²) in [7, 11) is 8.61. The lowest BCUT2D eigenvalue weighted by molar-refractivity contribution is 0.0706. The fourth-order valence-corrected chi connectivity index (χ4v) is 15.4. The number of aromatic nitrogens is 4. The molecule has 6 N–H and O–H groups in total. The van der Waals surface area contributed by atoms with Gasteiger partial charge in [0.05, 0.1) is 5.52 Å². The number of nitrogens with zero attached hydrogens (tertiary/aromatic N) is 8. The number of aliphatic hydroxyl groups excluding tert-OH is 2. The van der Waals surface area contributed by atoms with Crippen LogP contribution >= 0.6 is 15.9 Å². The number of carbonyl (C=O) groups is 5.